The van der Waals surface area contributed by atoms with Gasteiger partial charge in [0, 0.05) is 23.2 Å². The van der Waals surface area contributed by atoms with E-state index in [-0.39, 0.29) is 17.3 Å². The zero-order valence-corrected chi connectivity index (χ0v) is 16.5. The summed E-state index contributed by atoms with van der Waals surface area (Å²) < 4.78 is 12.4. The van der Waals surface area contributed by atoms with Crippen LogP contribution in [0.2, 0.25) is 0 Å². The Morgan fingerprint density at radius 3 is 2.81 bits per heavy atom. The summed E-state index contributed by atoms with van der Waals surface area (Å²) in [5, 5.41) is 8.08. The fraction of sp³-hybridized carbons (Fsp3) is 0.0909. The van der Waals surface area contributed by atoms with Crippen molar-refractivity contribution in [3.63, 3.8) is 0 Å². The highest BCUT2D eigenvalue weighted by atomic mass is 16.3. The molecule has 0 atom stereocenters. The van der Waals surface area contributed by atoms with Crippen LogP contribution in [0.3, 0.4) is 0 Å². The van der Waals surface area contributed by atoms with E-state index in [9.17, 15) is 9.59 Å². The van der Waals surface area contributed by atoms with Crippen LogP contribution in [0.4, 0.5) is 5.82 Å². The molecule has 2 N–H and O–H groups in total. The standard InChI is InChI=1S/C22H17N5O4/c1-2-14-11-20(28)25-22(23-14)27-19(12-15(26-27)17-8-5-9-30-17)24-21(29)18-10-13-6-3-4-7-16(13)31-18/h3-12H,2H2,1H3,(H,24,29)(H,23,25,28). The molecular weight excluding hydrogens is 398 g/mol. The van der Waals surface area contributed by atoms with Crippen molar-refractivity contribution >= 4 is 22.7 Å². The fourth-order valence-corrected chi connectivity index (χ4v) is 3.22. The summed E-state index contributed by atoms with van der Waals surface area (Å²) in [6.45, 7) is 1.90. The van der Waals surface area contributed by atoms with Gasteiger partial charge in [-0.2, -0.15) is 9.78 Å². The molecule has 0 bridgehead atoms. The van der Waals surface area contributed by atoms with Crippen LogP contribution in [0.25, 0.3) is 28.4 Å². The quantitative estimate of drug-likeness (QED) is 0.451. The van der Waals surface area contributed by atoms with E-state index in [4.69, 9.17) is 8.83 Å². The Bertz CT molecular complexity index is 1410. The van der Waals surface area contributed by atoms with E-state index >= 15 is 0 Å². The van der Waals surface area contributed by atoms with Crippen molar-refractivity contribution in [2.24, 2.45) is 0 Å². The number of carbonyl (C=O) groups is 1. The van der Waals surface area contributed by atoms with Gasteiger partial charge in [0.15, 0.2) is 11.5 Å². The van der Waals surface area contributed by atoms with Crippen LogP contribution < -0.4 is 10.9 Å². The fourth-order valence-electron chi connectivity index (χ4n) is 3.22. The number of hydrogen-bond acceptors (Lipinski definition) is 6. The summed E-state index contributed by atoms with van der Waals surface area (Å²) in [6, 6.07) is 15.6. The SMILES string of the molecule is CCc1cc(=O)[nH]c(-n2nc(-c3ccco3)cc2NC(=O)c2cc3ccccc3o2)n1. The lowest BCUT2D eigenvalue weighted by Gasteiger charge is -2.07. The van der Waals surface area contributed by atoms with Crippen molar-refractivity contribution in [2.45, 2.75) is 13.3 Å². The number of para-hydroxylation sites is 1. The molecule has 0 unspecified atom stereocenters. The number of fused-ring (bicyclic) bond motifs is 1. The topological polar surface area (TPSA) is 119 Å². The highest BCUT2D eigenvalue weighted by Crippen LogP contribution is 2.25. The lowest BCUT2D eigenvalue weighted by Crippen LogP contribution is -2.19. The van der Waals surface area contributed by atoms with E-state index in [1.165, 1.54) is 17.0 Å². The summed E-state index contributed by atoms with van der Waals surface area (Å²) >= 11 is 0. The lowest BCUT2D eigenvalue weighted by atomic mass is 10.2. The van der Waals surface area contributed by atoms with Crippen LogP contribution in [0.1, 0.15) is 23.2 Å². The van der Waals surface area contributed by atoms with E-state index in [1.54, 1.807) is 30.3 Å². The number of benzene rings is 1. The molecule has 9 nitrogen and oxygen atoms in total. The molecule has 1 amide bonds. The van der Waals surface area contributed by atoms with Crippen molar-refractivity contribution in [1.29, 1.82) is 0 Å². The number of nitrogens with zero attached hydrogens (tertiary/aromatic N) is 3. The van der Waals surface area contributed by atoms with E-state index in [2.05, 4.69) is 20.4 Å². The zero-order chi connectivity index (χ0) is 21.4. The average Bonchev–Trinajstić information content (AvgIpc) is 3.51. The molecule has 9 heteroatoms. The maximum Gasteiger partial charge on any atom is 0.292 e. The van der Waals surface area contributed by atoms with Crippen molar-refractivity contribution < 1.29 is 13.6 Å². The Morgan fingerprint density at radius 1 is 1.16 bits per heavy atom. The minimum absolute atomic E-state index is 0.150. The molecule has 0 radical (unpaired) electrons. The number of amides is 1. The summed E-state index contributed by atoms with van der Waals surface area (Å²) in [5.41, 5.74) is 1.36. The van der Waals surface area contributed by atoms with Gasteiger partial charge >= 0.3 is 0 Å². The number of hydrogen-bond donors (Lipinski definition) is 2. The molecular formula is C22H17N5O4. The first-order valence-electron chi connectivity index (χ1n) is 9.65. The Morgan fingerprint density at radius 2 is 2.03 bits per heavy atom. The second kappa shape index (κ2) is 7.45. The number of rotatable bonds is 5. The van der Waals surface area contributed by atoms with Crippen molar-refractivity contribution in [3.05, 3.63) is 82.7 Å². The van der Waals surface area contributed by atoms with Gasteiger partial charge in [0.1, 0.15) is 17.1 Å². The number of H-pyrrole nitrogens is 1. The molecule has 1 aromatic carbocycles. The summed E-state index contributed by atoms with van der Waals surface area (Å²) in [7, 11) is 0. The van der Waals surface area contributed by atoms with Crippen LogP contribution in [-0.2, 0) is 6.42 Å². The van der Waals surface area contributed by atoms with Gasteiger partial charge in [0.25, 0.3) is 11.5 Å². The molecule has 5 aromatic rings. The van der Waals surface area contributed by atoms with E-state index < -0.39 is 5.91 Å². The molecule has 0 saturated heterocycles. The smallest absolute Gasteiger partial charge is 0.292 e. The maximum absolute atomic E-state index is 12.9. The number of carbonyl (C=O) groups excluding carboxylic acids is 1. The Kier molecular flexibility index (Phi) is 4.47. The van der Waals surface area contributed by atoms with Crippen molar-refractivity contribution in [3.8, 4) is 17.4 Å². The minimum Gasteiger partial charge on any atom is -0.463 e. The maximum atomic E-state index is 12.9. The Hall–Kier alpha value is -4.40. The number of nitrogens with one attached hydrogen (secondary N) is 2. The number of furan rings is 2. The largest absolute Gasteiger partial charge is 0.463 e. The van der Waals surface area contributed by atoms with Crippen LogP contribution >= 0.6 is 0 Å². The number of anilines is 1. The van der Waals surface area contributed by atoms with Gasteiger partial charge in [-0.05, 0) is 30.7 Å². The molecule has 0 aliphatic carbocycles. The first-order valence-corrected chi connectivity index (χ1v) is 9.65. The van der Waals surface area contributed by atoms with Gasteiger partial charge in [0.2, 0.25) is 5.95 Å². The first kappa shape index (κ1) is 18.6. The zero-order valence-electron chi connectivity index (χ0n) is 16.5. The van der Waals surface area contributed by atoms with E-state index in [0.717, 1.165) is 5.39 Å². The van der Waals surface area contributed by atoms with E-state index in [0.29, 0.717) is 35.0 Å². The number of aromatic nitrogens is 4. The molecule has 0 aliphatic heterocycles. The third-order valence-corrected chi connectivity index (χ3v) is 4.72. The second-order valence-electron chi connectivity index (χ2n) is 6.82. The molecule has 31 heavy (non-hydrogen) atoms. The predicted octanol–water partition coefficient (Wildman–Crippen LogP) is 3.78. The summed E-state index contributed by atoms with van der Waals surface area (Å²) in [6.07, 6.45) is 2.10. The number of aryl methyl sites for hydroxylation is 1. The lowest BCUT2D eigenvalue weighted by molar-refractivity contribution is 0.0998. The summed E-state index contributed by atoms with van der Waals surface area (Å²) in [5.74, 6) is 0.678. The second-order valence-corrected chi connectivity index (χ2v) is 6.82. The molecule has 0 spiro atoms. The normalized spacial score (nSPS) is 11.1. The molecule has 5 rings (SSSR count). The first-order chi connectivity index (χ1) is 15.1. The highest BCUT2D eigenvalue weighted by Gasteiger charge is 2.19. The number of aromatic amines is 1. The van der Waals surface area contributed by atoms with Crippen LogP contribution in [0.15, 0.2) is 74.5 Å². The predicted molar refractivity (Wildman–Crippen MR) is 113 cm³/mol. The molecule has 0 aliphatic rings. The third kappa shape index (κ3) is 3.52. The molecule has 0 saturated carbocycles. The molecule has 4 aromatic heterocycles. The average molecular weight is 415 g/mol. The molecule has 4 heterocycles. The minimum atomic E-state index is -0.461. The van der Waals surface area contributed by atoms with Gasteiger partial charge in [0.05, 0.1) is 6.26 Å². The van der Waals surface area contributed by atoms with Gasteiger partial charge < -0.3 is 14.2 Å². The van der Waals surface area contributed by atoms with Crippen LogP contribution in [0, 0.1) is 0 Å². The highest BCUT2D eigenvalue weighted by molar-refractivity contribution is 6.04. The van der Waals surface area contributed by atoms with Crippen molar-refractivity contribution in [1.82, 2.24) is 19.7 Å². The Labute approximate surface area is 175 Å². The Balaban J connectivity index is 1.57. The molecule has 154 valence electrons. The monoisotopic (exact) mass is 415 g/mol. The van der Waals surface area contributed by atoms with Crippen LogP contribution in [0.5, 0.6) is 0 Å². The van der Waals surface area contributed by atoms with Gasteiger partial charge in [-0.3, -0.25) is 14.6 Å². The van der Waals surface area contributed by atoms with Crippen LogP contribution in [-0.4, -0.2) is 25.7 Å². The summed E-state index contributed by atoms with van der Waals surface area (Å²) in [4.78, 5) is 32.1. The van der Waals surface area contributed by atoms with Gasteiger partial charge in [-0.1, -0.05) is 25.1 Å². The van der Waals surface area contributed by atoms with E-state index in [1.807, 2.05) is 25.1 Å². The van der Waals surface area contributed by atoms with Gasteiger partial charge in [-0.15, -0.1) is 0 Å². The third-order valence-electron chi connectivity index (χ3n) is 4.72. The van der Waals surface area contributed by atoms with Gasteiger partial charge in [-0.25, -0.2) is 4.98 Å². The van der Waals surface area contributed by atoms with Crippen molar-refractivity contribution in [2.75, 3.05) is 5.32 Å². The molecule has 0 fully saturated rings.